The summed E-state index contributed by atoms with van der Waals surface area (Å²) in [7, 11) is 0. The first-order valence-corrected chi connectivity index (χ1v) is 8.35. The first-order chi connectivity index (χ1) is 12.8. The van der Waals surface area contributed by atoms with Crippen molar-refractivity contribution in [2.45, 2.75) is 6.36 Å². The number of para-hydroxylation sites is 1. The van der Waals surface area contributed by atoms with E-state index in [4.69, 9.17) is 0 Å². The van der Waals surface area contributed by atoms with E-state index >= 15 is 0 Å². The van der Waals surface area contributed by atoms with Gasteiger partial charge in [-0.2, -0.15) is 0 Å². The maximum absolute atomic E-state index is 12.5. The van der Waals surface area contributed by atoms with Crippen LogP contribution in [-0.2, 0) is 0 Å². The molecule has 5 nitrogen and oxygen atoms in total. The van der Waals surface area contributed by atoms with Gasteiger partial charge < -0.3 is 9.72 Å². The number of alkyl halides is 3. The Kier molecular flexibility index (Phi) is 5.22. The number of aromatic nitrogens is 2. The molecule has 138 valence electrons. The van der Waals surface area contributed by atoms with E-state index in [1.54, 1.807) is 0 Å². The van der Waals surface area contributed by atoms with Crippen LogP contribution >= 0.6 is 11.3 Å². The van der Waals surface area contributed by atoms with Gasteiger partial charge in [-0.05, 0) is 24.3 Å². The summed E-state index contributed by atoms with van der Waals surface area (Å²) in [6, 6.07) is 8.53. The Hall–Kier alpha value is -3.20. The smallest absolute Gasteiger partial charge is 0.405 e. The molecule has 9 heteroatoms. The van der Waals surface area contributed by atoms with E-state index in [2.05, 4.69) is 14.7 Å². The van der Waals surface area contributed by atoms with E-state index in [9.17, 15) is 22.8 Å². The highest BCUT2D eigenvalue weighted by atomic mass is 32.1. The van der Waals surface area contributed by atoms with Crippen molar-refractivity contribution in [3.05, 3.63) is 79.5 Å². The number of H-pyrrole nitrogens is 1. The van der Waals surface area contributed by atoms with Crippen molar-refractivity contribution in [1.82, 2.24) is 9.97 Å². The summed E-state index contributed by atoms with van der Waals surface area (Å²) in [5.74, 6) is -0.751. The van der Waals surface area contributed by atoms with Crippen molar-refractivity contribution >= 4 is 29.3 Å². The molecule has 27 heavy (non-hydrogen) atoms. The molecule has 0 amide bonds. The van der Waals surface area contributed by atoms with Gasteiger partial charge in [-0.15, -0.1) is 24.5 Å². The van der Waals surface area contributed by atoms with Crippen LogP contribution in [0.15, 0.2) is 53.6 Å². The predicted molar refractivity (Wildman–Crippen MR) is 93.9 cm³/mol. The van der Waals surface area contributed by atoms with Crippen LogP contribution in [0.5, 0.6) is 5.75 Å². The molecule has 0 fully saturated rings. The molecule has 0 radical (unpaired) electrons. The summed E-state index contributed by atoms with van der Waals surface area (Å²) in [4.78, 5) is 30.6. The molecule has 0 aliphatic carbocycles. The number of ketones is 1. The Morgan fingerprint density at radius 3 is 2.56 bits per heavy atom. The van der Waals surface area contributed by atoms with E-state index in [-0.39, 0.29) is 20.5 Å². The van der Waals surface area contributed by atoms with E-state index in [0.29, 0.717) is 5.56 Å². The van der Waals surface area contributed by atoms with Gasteiger partial charge in [0.05, 0.1) is 9.20 Å². The number of benzene rings is 1. The molecule has 0 saturated heterocycles. The maximum atomic E-state index is 12.5. The molecule has 0 aliphatic rings. The van der Waals surface area contributed by atoms with Gasteiger partial charge in [-0.1, -0.05) is 18.2 Å². The van der Waals surface area contributed by atoms with E-state index < -0.39 is 17.7 Å². The number of pyridine rings is 1. The Balaban J connectivity index is 2.00. The average Bonchev–Trinajstić information content (AvgIpc) is 2.95. The minimum absolute atomic E-state index is 0.0918. The van der Waals surface area contributed by atoms with Crippen LogP contribution in [0.25, 0.3) is 12.2 Å². The van der Waals surface area contributed by atoms with Crippen molar-refractivity contribution in [3.8, 4) is 5.75 Å². The van der Waals surface area contributed by atoms with Crippen molar-refractivity contribution in [3.63, 3.8) is 0 Å². The third-order valence-electron chi connectivity index (χ3n) is 3.34. The van der Waals surface area contributed by atoms with Gasteiger partial charge in [-0.25, -0.2) is 0 Å². The SMILES string of the molecule is O=C(/C=c1/[nH]c(=O)/c(=C/c2ccccc2OC(F)(F)F)s1)c1ccncc1. The molecule has 2 heterocycles. The summed E-state index contributed by atoms with van der Waals surface area (Å²) in [6.07, 6.45) is 0.613. The van der Waals surface area contributed by atoms with Crippen LogP contribution in [0.4, 0.5) is 13.2 Å². The molecule has 0 spiro atoms. The van der Waals surface area contributed by atoms with Crippen molar-refractivity contribution in [2.24, 2.45) is 0 Å². The summed E-state index contributed by atoms with van der Waals surface area (Å²) in [5, 5.41) is 0. The second-order valence-corrected chi connectivity index (χ2v) is 6.34. The van der Waals surface area contributed by atoms with Crippen LogP contribution in [-0.4, -0.2) is 22.1 Å². The number of halogens is 3. The number of hydrogen-bond donors (Lipinski definition) is 1. The number of aromatic amines is 1. The number of ether oxygens (including phenoxy) is 1. The summed E-state index contributed by atoms with van der Waals surface area (Å²) in [5.41, 5.74) is -0.0292. The normalized spacial score (nSPS) is 13.0. The Morgan fingerprint density at radius 2 is 1.85 bits per heavy atom. The molecule has 0 saturated carbocycles. The minimum Gasteiger partial charge on any atom is -0.405 e. The van der Waals surface area contributed by atoms with Gasteiger partial charge in [0.2, 0.25) is 0 Å². The Labute approximate surface area is 154 Å². The standard InChI is InChI=1S/C18H11F3N2O3S/c19-18(20,21)26-14-4-2-1-3-12(14)9-15-17(25)23-16(27-15)10-13(24)11-5-7-22-8-6-11/h1-10H,(H,23,25)/b15-9-,16-10-. The van der Waals surface area contributed by atoms with E-state index in [1.807, 2.05) is 0 Å². The number of carbonyl (C=O) groups excluding carboxylic acids is 1. The molecule has 1 N–H and O–H groups in total. The highest BCUT2D eigenvalue weighted by molar-refractivity contribution is 7.07. The van der Waals surface area contributed by atoms with Crippen LogP contribution in [0.2, 0.25) is 0 Å². The fraction of sp³-hybridized carbons (Fsp3) is 0.0556. The number of carbonyl (C=O) groups is 1. The van der Waals surface area contributed by atoms with Crippen LogP contribution in [0.3, 0.4) is 0 Å². The summed E-state index contributed by atoms with van der Waals surface area (Å²) < 4.78 is 41.9. The molecule has 2 aromatic heterocycles. The first kappa shape index (κ1) is 18.6. The number of Topliss-reactive ketones (excluding diaryl/α,β-unsaturated/α-hetero) is 1. The third kappa shape index (κ3) is 4.91. The second-order valence-electron chi connectivity index (χ2n) is 5.26. The van der Waals surface area contributed by atoms with Crippen LogP contribution < -0.4 is 19.5 Å². The van der Waals surface area contributed by atoms with E-state index in [0.717, 1.165) is 17.4 Å². The molecule has 1 aromatic carbocycles. The minimum atomic E-state index is -4.85. The third-order valence-corrected chi connectivity index (χ3v) is 4.30. The van der Waals surface area contributed by atoms with Gasteiger partial charge >= 0.3 is 6.36 Å². The predicted octanol–water partition coefficient (Wildman–Crippen LogP) is 2.22. The number of rotatable bonds is 4. The van der Waals surface area contributed by atoms with Crippen molar-refractivity contribution in [1.29, 1.82) is 0 Å². The molecular formula is C18H11F3N2O3S. The zero-order chi connectivity index (χ0) is 19.4. The van der Waals surface area contributed by atoms with Crippen LogP contribution in [0, 0.1) is 0 Å². The lowest BCUT2D eigenvalue weighted by Crippen LogP contribution is -2.21. The van der Waals surface area contributed by atoms with Crippen molar-refractivity contribution in [2.75, 3.05) is 0 Å². The van der Waals surface area contributed by atoms with Gasteiger partial charge in [0, 0.05) is 29.6 Å². The Bertz CT molecular complexity index is 1130. The van der Waals surface area contributed by atoms with Gasteiger partial charge in [0.1, 0.15) is 5.75 Å². The highest BCUT2D eigenvalue weighted by Crippen LogP contribution is 2.26. The molecular weight excluding hydrogens is 381 g/mol. The lowest BCUT2D eigenvalue weighted by atomic mass is 10.2. The molecule has 0 unspecified atom stereocenters. The lowest BCUT2D eigenvalue weighted by Gasteiger charge is -2.10. The second kappa shape index (κ2) is 7.58. The van der Waals surface area contributed by atoms with Gasteiger partial charge in [0.15, 0.2) is 5.78 Å². The molecule has 0 atom stereocenters. The van der Waals surface area contributed by atoms with Gasteiger partial charge in [0.25, 0.3) is 5.56 Å². The van der Waals surface area contributed by atoms with Crippen LogP contribution in [0.1, 0.15) is 15.9 Å². The zero-order valence-electron chi connectivity index (χ0n) is 13.5. The fourth-order valence-corrected chi connectivity index (χ4v) is 3.08. The summed E-state index contributed by atoms with van der Waals surface area (Å²) >= 11 is 0.952. The molecule has 0 aliphatic heterocycles. The number of thiazole rings is 1. The highest BCUT2D eigenvalue weighted by Gasteiger charge is 2.31. The number of hydrogen-bond acceptors (Lipinski definition) is 5. The number of nitrogens with zero attached hydrogens (tertiary/aromatic N) is 1. The molecule has 3 rings (SSSR count). The van der Waals surface area contributed by atoms with Crippen molar-refractivity contribution < 1.29 is 22.7 Å². The lowest BCUT2D eigenvalue weighted by molar-refractivity contribution is -0.274. The first-order valence-electron chi connectivity index (χ1n) is 7.53. The fourth-order valence-electron chi connectivity index (χ4n) is 2.20. The summed E-state index contributed by atoms with van der Waals surface area (Å²) in [6.45, 7) is 0. The molecule has 0 bridgehead atoms. The molecule has 3 aromatic rings. The average molecular weight is 392 g/mol. The quantitative estimate of drug-likeness (QED) is 0.692. The van der Waals surface area contributed by atoms with Gasteiger partial charge in [-0.3, -0.25) is 14.6 Å². The Morgan fingerprint density at radius 1 is 1.15 bits per heavy atom. The largest absolute Gasteiger partial charge is 0.573 e. The number of nitrogens with one attached hydrogen (secondary N) is 1. The zero-order valence-corrected chi connectivity index (χ0v) is 14.3. The van der Waals surface area contributed by atoms with E-state index in [1.165, 1.54) is 54.9 Å². The monoisotopic (exact) mass is 392 g/mol. The maximum Gasteiger partial charge on any atom is 0.573 e. The topological polar surface area (TPSA) is 72.0 Å².